The van der Waals surface area contributed by atoms with Gasteiger partial charge in [-0.3, -0.25) is 4.99 Å². The Morgan fingerprint density at radius 2 is 2.38 bits per heavy atom. The van der Waals surface area contributed by atoms with Crippen molar-refractivity contribution in [3.8, 4) is 0 Å². The molecule has 2 aliphatic heterocycles. The van der Waals surface area contributed by atoms with E-state index in [0.717, 1.165) is 32.2 Å². The van der Waals surface area contributed by atoms with Crippen molar-refractivity contribution in [3.05, 3.63) is 0 Å². The fraction of sp³-hybridized carbons (Fsp3) is 0.889. The van der Waals surface area contributed by atoms with Crippen molar-refractivity contribution >= 4 is 5.96 Å². The van der Waals surface area contributed by atoms with E-state index in [1.165, 1.54) is 0 Å². The Kier molecular flexibility index (Phi) is 2.40. The van der Waals surface area contributed by atoms with Crippen molar-refractivity contribution in [2.75, 3.05) is 26.2 Å². The first-order valence-corrected chi connectivity index (χ1v) is 4.94. The third kappa shape index (κ3) is 1.77. The molecule has 1 saturated heterocycles. The molecule has 0 aromatic heterocycles. The second-order valence-corrected chi connectivity index (χ2v) is 3.78. The highest BCUT2D eigenvalue weighted by atomic mass is 16.5. The van der Waals surface area contributed by atoms with E-state index < -0.39 is 0 Å². The van der Waals surface area contributed by atoms with E-state index in [1.54, 1.807) is 0 Å². The zero-order chi connectivity index (χ0) is 9.26. The number of hydrogen-bond acceptors (Lipinski definition) is 4. The van der Waals surface area contributed by atoms with E-state index in [1.807, 2.05) is 0 Å². The molecule has 0 radical (unpaired) electrons. The molecule has 4 heteroatoms. The van der Waals surface area contributed by atoms with Gasteiger partial charge in [-0.25, -0.2) is 0 Å². The largest absolute Gasteiger partial charge is 0.375 e. The smallest absolute Gasteiger partial charge is 0.194 e. The Bertz CT molecular complexity index is 217. The second-order valence-electron chi connectivity index (χ2n) is 3.78. The van der Waals surface area contributed by atoms with E-state index in [4.69, 9.17) is 4.74 Å². The summed E-state index contributed by atoms with van der Waals surface area (Å²) in [5, 5.41) is 3.30. The van der Waals surface area contributed by atoms with Crippen molar-refractivity contribution in [2.45, 2.75) is 26.0 Å². The SMILES string of the molecule is CC1CN(C2=NCCN2)C(C)CO1. The van der Waals surface area contributed by atoms with Crippen molar-refractivity contribution in [1.82, 2.24) is 10.2 Å². The van der Waals surface area contributed by atoms with Crippen molar-refractivity contribution in [1.29, 1.82) is 0 Å². The van der Waals surface area contributed by atoms with Crippen LogP contribution in [0.3, 0.4) is 0 Å². The van der Waals surface area contributed by atoms with Crippen LogP contribution in [-0.2, 0) is 4.74 Å². The summed E-state index contributed by atoms with van der Waals surface area (Å²) in [6.07, 6.45) is 0.321. The number of guanidine groups is 1. The van der Waals surface area contributed by atoms with Gasteiger partial charge in [-0.15, -0.1) is 0 Å². The Morgan fingerprint density at radius 3 is 3.08 bits per heavy atom. The second kappa shape index (κ2) is 3.54. The van der Waals surface area contributed by atoms with E-state index in [-0.39, 0.29) is 0 Å². The molecule has 2 atom stereocenters. The van der Waals surface area contributed by atoms with Crippen LogP contribution >= 0.6 is 0 Å². The van der Waals surface area contributed by atoms with Crippen LogP contribution in [0.5, 0.6) is 0 Å². The minimum Gasteiger partial charge on any atom is -0.375 e. The van der Waals surface area contributed by atoms with Gasteiger partial charge in [0.05, 0.1) is 25.3 Å². The number of aliphatic imine (C=N–C) groups is 1. The lowest BCUT2D eigenvalue weighted by Crippen LogP contribution is -2.53. The normalized spacial score (nSPS) is 34.3. The first-order valence-electron chi connectivity index (χ1n) is 4.94. The maximum atomic E-state index is 5.56. The zero-order valence-electron chi connectivity index (χ0n) is 8.29. The Morgan fingerprint density at radius 1 is 1.54 bits per heavy atom. The van der Waals surface area contributed by atoms with Crippen LogP contribution in [0.25, 0.3) is 0 Å². The number of nitrogens with one attached hydrogen (secondary N) is 1. The molecule has 0 saturated carbocycles. The average molecular weight is 183 g/mol. The molecule has 1 N–H and O–H groups in total. The Balaban J connectivity index is 2.02. The van der Waals surface area contributed by atoms with Crippen LogP contribution in [-0.4, -0.2) is 49.2 Å². The zero-order valence-corrected chi connectivity index (χ0v) is 8.29. The molecule has 2 unspecified atom stereocenters. The predicted octanol–water partition coefficient (Wildman–Crippen LogP) is 0.0548. The number of hydrogen-bond donors (Lipinski definition) is 1. The van der Waals surface area contributed by atoms with Crippen LogP contribution in [0, 0.1) is 0 Å². The summed E-state index contributed by atoms with van der Waals surface area (Å²) >= 11 is 0. The highest BCUT2D eigenvalue weighted by Crippen LogP contribution is 2.12. The summed E-state index contributed by atoms with van der Waals surface area (Å²) in [6.45, 7) is 7.93. The molecule has 2 heterocycles. The van der Waals surface area contributed by atoms with Gasteiger partial charge in [0.25, 0.3) is 0 Å². The molecule has 2 rings (SSSR count). The lowest BCUT2D eigenvalue weighted by atomic mass is 10.2. The third-order valence-electron chi connectivity index (χ3n) is 2.54. The van der Waals surface area contributed by atoms with Crippen LogP contribution in [0.2, 0.25) is 0 Å². The maximum absolute atomic E-state index is 5.56. The fourth-order valence-corrected chi connectivity index (χ4v) is 1.78. The topological polar surface area (TPSA) is 36.9 Å². The Hall–Kier alpha value is -0.770. The molecule has 0 aliphatic carbocycles. The summed E-state index contributed by atoms with van der Waals surface area (Å²) in [5.41, 5.74) is 0. The molecular formula is C9H17N3O. The molecule has 0 spiro atoms. The highest BCUT2D eigenvalue weighted by molar-refractivity contribution is 5.81. The predicted molar refractivity (Wildman–Crippen MR) is 51.9 cm³/mol. The first-order chi connectivity index (χ1) is 6.27. The van der Waals surface area contributed by atoms with E-state index >= 15 is 0 Å². The van der Waals surface area contributed by atoms with Gasteiger partial charge in [0.1, 0.15) is 0 Å². The third-order valence-corrected chi connectivity index (χ3v) is 2.54. The van der Waals surface area contributed by atoms with Gasteiger partial charge < -0.3 is 15.0 Å². The van der Waals surface area contributed by atoms with Crippen LogP contribution in [0.15, 0.2) is 4.99 Å². The molecule has 4 nitrogen and oxygen atoms in total. The summed E-state index contributed by atoms with van der Waals surface area (Å²) < 4.78 is 5.56. The van der Waals surface area contributed by atoms with E-state index in [2.05, 4.69) is 29.1 Å². The molecule has 1 fully saturated rings. The molecule has 74 valence electrons. The number of morpholine rings is 1. The Labute approximate surface area is 79.0 Å². The molecule has 0 amide bonds. The monoisotopic (exact) mass is 183 g/mol. The molecule has 0 bridgehead atoms. The quantitative estimate of drug-likeness (QED) is 0.577. The standard InChI is InChI=1S/C9H17N3O/c1-7-6-13-8(2)5-12(7)9-10-3-4-11-9/h7-8H,3-6H2,1-2H3,(H,10,11). The van der Waals surface area contributed by atoms with Crippen LogP contribution < -0.4 is 5.32 Å². The van der Waals surface area contributed by atoms with Gasteiger partial charge in [-0.1, -0.05) is 0 Å². The van der Waals surface area contributed by atoms with Crippen LogP contribution in [0.1, 0.15) is 13.8 Å². The summed E-state index contributed by atoms with van der Waals surface area (Å²) in [7, 11) is 0. The lowest BCUT2D eigenvalue weighted by molar-refractivity contribution is -0.0232. The molecule has 0 aromatic rings. The van der Waals surface area contributed by atoms with Crippen molar-refractivity contribution in [2.24, 2.45) is 4.99 Å². The minimum atomic E-state index is 0.321. The van der Waals surface area contributed by atoms with Gasteiger partial charge in [0.15, 0.2) is 5.96 Å². The molecular weight excluding hydrogens is 166 g/mol. The van der Waals surface area contributed by atoms with E-state index in [0.29, 0.717) is 12.1 Å². The van der Waals surface area contributed by atoms with Gasteiger partial charge in [0.2, 0.25) is 0 Å². The van der Waals surface area contributed by atoms with Gasteiger partial charge >= 0.3 is 0 Å². The lowest BCUT2D eigenvalue weighted by Gasteiger charge is -2.37. The molecule has 2 aliphatic rings. The van der Waals surface area contributed by atoms with E-state index in [9.17, 15) is 0 Å². The molecule has 13 heavy (non-hydrogen) atoms. The number of rotatable bonds is 0. The summed E-state index contributed by atoms with van der Waals surface area (Å²) in [4.78, 5) is 6.73. The van der Waals surface area contributed by atoms with Crippen molar-refractivity contribution < 1.29 is 4.74 Å². The highest BCUT2D eigenvalue weighted by Gasteiger charge is 2.26. The van der Waals surface area contributed by atoms with Gasteiger partial charge in [0, 0.05) is 13.1 Å². The van der Waals surface area contributed by atoms with Gasteiger partial charge in [-0.05, 0) is 13.8 Å². The first kappa shape index (κ1) is 8.81. The maximum Gasteiger partial charge on any atom is 0.194 e. The van der Waals surface area contributed by atoms with Crippen LogP contribution in [0.4, 0.5) is 0 Å². The number of ether oxygens (including phenoxy) is 1. The minimum absolute atomic E-state index is 0.321. The van der Waals surface area contributed by atoms with Gasteiger partial charge in [-0.2, -0.15) is 0 Å². The summed E-state index contributed by atoms with van der Waals surface area (Å²) in [6, 6.07) is 0.445. The fourth-order valence-electron chi connectivity index (χ4n) is 1.78. The average Bonchev–Trinajstić information content (AvgIpc) is 2.61. The number of nitrogens with zero attached hydrogens (tertiary/aromatic N) is 2. The van der Waals surface area contributed by atoms with Crippen molar-refractivity contribution in [3.63, 3.8) is 0 Å². The molecule has 0 aromatic carbocycles. The summed E-state index contributed by atoms with van der Waals surface area (Å²) in [5.74, 6) is 1.06.